The van der Waals surface area contributed by atoms with Crippen molar-refractivity contribution in [1.29, 1.82) is 0 Å². The van der Waals surface area contributed by atoms with Crippen LogP contribution in [0.25, 0.3) is 0 Å². The lowest BCUT2D eigenvalue weighted by molar-refractivity contribution is -0.143. The van der Waals surface area contributed by atoms with Gasteiger partial charge in [-0.3, -0.25) is 4.79 Å². The lowest BCUT2D eigenvalue weighted by atomic mass is 10.0. The standard InChI is InChI=1S/C28H21BrF6N2O/c29-24-10-8-20(9-11-24)16-36-12-4-7-25(36)18-37(17-19-5-2-1-3-6-19)26(38)21-13-22(27(30,31)32)15-23(14-21)28(33,34)35/h1-15H,16-18H2. The summed E-state index contributed by atoms with van der Waals surface area (Å²) < 4.78 is 83.4. The summed E-state index contributed by atoms with van der Waals surface area (Å²) in [6.45, 7) is 0.417. The average Bonchev–Trinajstić information content (AvgIpc) is 3.30. The van der Waals surface area contributed by atoms with Crippen LogP contribution in [-0.4, -0.2) is 15.4 Å². The van der Waals surface area contributed by atoms with Gasteiger partial charge in [-0.25, -0.2) is 0 Å². The molecule has 0 spiro atoms. The Kier molecular flexibility index (Phi) is 8.01. The summed E-state index contributed by atoms with van der Waals surface area (Å²) in [6, 6.07) is 20.8. The summed E-state index contributed by atoms with van der Waals surface area (Å²) in [5.74, 6) is -0.943. The Morgan fingerprint density at radius 3 is 1.92 bits per heavy atom. The number of aromatic nitrogens is 1. The first-order valence-electron chi connectivity index (χ1n) is 11.4. The number of amides is 1. The number of rotatable bonds is 7. The van der Waals surface area contributed by atoms with E-state index in [2.05, 4.69) is 15.9 Å². The van der Waals surface area contributed by atoms with Crippen molar-refractivity contribution >= 4 is 21.8 Å². The molecule has 4 aromatic rings. The van der Waals surface area contributed by atoms with Gasteiger partial charge in [0.25, 0.3) is 5.91 Å². The van der Waals surface area contributed by atoms with Gasteiger partial charge in [-0.1, -0.05) is 58.4 Å². The van der Waals surface area contributed by atoms with E-state index < -0.39 is 35.0 Å². The highest BCUT2D eigenvalue weighted by molar-refractivity contribution is 9.10. The fourth-order valence-electron chi connectivity index (χ4n) is 3.99. The number of hydrogen-bond donors (Lipinski definition) is 0. The molecule has 0 N–H and O–H groups in total. The highest BCUT2D eigenvalue weighted by atomic mass is 79.9. The number of halogens is 7. The first kappa shape index (κ1) is 27.5. The van der Waals surface area contributed by atoms with E-state index in [-0.39, 0.29) is 19.2 Å². The number of alkyl halides is 6. The molecule has 4 rings (SSSR count). The molecule has 0 bridgehead atoms. The Bertz CT molecular complexity index is 1360. The van der Waals surface area contributed by atoms with Crippen molar-refractivity contribution < 1.29 is 31.1 Å². The smallest absolute Gasteiger partial charge is 0.345 e. The maximum absolute atomic E-state index is 13.5. The molecule has 198 valence electrons. The summed E-state index contributed by atoms with van der Waals surface area (Å²) in [5.41, 5.74) is -1.44. The van der Waals surface area contributed by atoms with Gasteiger partial charge in [0.2, 0.25) is 0 Å². The lowest BCUT2D eigenvalue weighted by Gasteiger charge is -2.25. The van der Waals surface area contributed by atoms with Crippen molar-refractivity contribution in [3.8, 4) is 0 Å². The Balaban J connectivity index is 1.70. The van der Waals surface area contributed by atoms with E-state index >= 15 is 0 Å². The topological polar surface area (TPSA) is 25.2 Å². The summed E-state index contributed by atoms with van der Waals surface area (Å²) in [7, 11) is 0. The van der Waals surface area contributed by atoms with Crippen molar-refractivity contribution in [3.63, 3.8) is 0 Å². The normalized spacial score (nSPS) is 12.0. The van der Waals surface area contributed by atoms with Gasteiger partial charge in [-0.2, -0.15) is 26.3 Å². The van der Waals surface area contributed by atoms with Crippen LogP contribution < -0.4 is 0 Å². The molecule has 0 radical (unpaired) electrons. The van der Waals surface area contributed by atoms with Crippen LogP contribution in [0.5, 0.6) is 0 Å². The third kappa shape index (κ3) is 6.86. The highest BCUT2D eigenvalue weighted by Gasteiger charge is 2.38. The predicted octanol–water partition coefficient (Wildman–Crippen LogP) is 8.18. The van der Waals surface area contributed by atoms with Crippen LogP contribution >= 0.6 is 15.9 Å². The van der Waals surface area contributed by atoms with Crippen LogP contribution in [0.3, 0.4) is 0 Å². The van der Waals surface area contributed by atoms with E-state index in [1.54, 1.807) is 48.7 Å². The Labute approximate surface area is 223 Å². The molecule has 0 aliphatic carbocycles. The quantitative estimate of drug-likeness (QED) is 0.198. The first-order valence-corrected chi connectivity index (χ1v) is 12.2. The van der Waals surface area contributed by atoms with Crippen LogP contribution in [-0.2, 0) is 32.0 Å². The molecule has 1 amide bonds. The molecular weight excluding hydrogens is 574 g/mol. The van der Waals surface area contributed by atoms with Crippen molar-refractivity contribution in [1.82, 2.24) is 9.47 Å². The molecule has 0 fully saturated rings. The molecule has 0 unspecified atom stereocenters. The largest absolute Gasteiger partial charge is 0.416 e. The first-order chi connectivity index (χ1) is 17.9. The summed E-state index contributed by atoms with van der Waals surface area (Å²) >= 11 is 3.38. The average molecular weight is 595 g/mol. The zero-order valence-electron chi connectivity index (χ0n) is 19.7. The van der Waals surface area contributed by atoms with E-state index in [1.807, 2.05) is 28.8 Å². The van der Waals surface area contributed by atoms with Crippen LogP contribution in [0.4, 0.5) is 26.3 Å². The third-order valence-electron chi connectivity index (χ3n) is 5.88. The van der Waals surface area contributed by atoms with Gasteiger partial charge in [0.1, 0.15) is 0 Å². The van der Waals surface area contributed by atoms with E-state index in [0.29, 0.717) is 29.9 Å². The minimum absolute atomic E-state index is 0.0132. The van der Waals surface area contributed by atoms with Crippen LogP contribution in [0.15, 0.2) is 95.6 Å². The molecule has 1 aromatic heterocycles. The number of benzene rings is 3. The molecule has 3 aromatic carbocycles. The molecule has 0 saturated carbocycles. The molecule has 0 aliphatic rings. The zero-order valence-corrected chi connectivity index (χ0v) is 21.3. The Morgan fingerprint density at radius 1 is 0.737 bits per heavy atom. The highest BCUT2D eigenvalue weighted by Crippen LogP contribution is 2.36. The van der Waals surface area contributed by atoms with E-state index in [9.17, 15) is 31.1 Å². The van der Waals surface area contributed by atoms with Gasteiger partial charge >= 0.3 is 12.4 Å². The summed E-state index contributed by atoms with van der Waals surface area (Å²) in [4.78, 5) is 14.8. The van der Waals surface area contributed by atoms with Gasteiger partial charge in [-0.05, 0) is 53.6 Å². The molecule has 38 heavy (non-hydrogen) atoms. The van der Waals surface area contributed by atoms with E-state index in [1.165, 1.54) is 4.90 Å². The second-order valence-corrected chi connectivity index (χ2v) is 9.61. The monoisotopic (exact) mass is 594 g/mol. The minimum atomic E-state index is -5.06. The fraction of sp³-hybridized carbons (Fsp3) is 0.179. The van der Waals surface area contributed by atoms with Gasteiger partial charge in [0, 0.05) is 35.0 Å². The predicted molar refractivity (Wildman–Crippen MR) is 134 cm³/mol. The van der Waals surface area contributed by atoms with Crippen molar-refractivity contribution in [2.75, 3.05) is 0 Å². The maximum atomic E-state index is 13.5. The molecule has 3 nitrogen and oxygen atoms in total. The molecule has 0 atom stereocenters. The Hall–Kier alpha value is -3.53. The SMILES string of the molecule is O=C(c1cc(C(F)(F)F)cc(C(F)(F)F)c1)N(Cc1ccccc1)Cc1cccn1Cc1ccc(Br)cc1. The van der Waals surface area contributed by atoms with E-state index in [4.69, 9.17) is 0 Å². The van der Waals surface area contributed by atoms with Gasteiger partial charge in [0.15, 0.2) is 0 Å². The maximum Gasteiger partial charge on any atom is 0.416 e. The van der Waals surface area contributed by atoms with Crippen LogP contribution in [0.2, 0.25) is 0 Å². The molecule has 10 heteroatoms. The van der Waals surface area contributed by atoms with Crippen molar-refractivity contribution in [3.05, 3.63) is 129 Å². The third-order valence-corrected chi connectivity index (χ3v) is 6.41. The van der Waals surface area contributed by atoms with Crippen LogP contribution in [0, 0.1) is 0 Å². The summed E-state index contributed by atoms with van der Waals surface area (Å²) in [5, 5.41) is 0. The van der Waals surface area contributed by atoms with Gasteiger partial charge in [0.05, 0.1) is 17.7 Å². The lowest BCUT2D eigenvalue weighted by Crippen LogP contribution is -2.31. The number of hydrogen-bond acceptors (Lipinski definition) is 1. The Morgan fingerprint density at radius 2 is 1.34 bits per heavy atom. The second-order valence-electron chi connectivity index (χ2n) is 8.70. The van der Waals surface area contributed by atoms with Gasteiger partial charge in [-0.15, -0.1) is 0 Å². The van der Waals surface area contributed by atoms with Crippen molar-refractivity contribution in [2.45, 2.75) is 32.0 Å². The number of carbonyl (C=O) groups is 1. The number of carbonyl (C=O) groups excluding carboxylic acids is 1. The molecule has 1 heterocycles. The van der Waals surface area contributed by atoms with Gasteiger partial charge < -0.3 is 9.47 Å². The second kappa shape index (κ2) is 11.1. The molecule has 0 aliphatic heterocycles. The number of nitrogens with zero attached hydrogens (tertiary/aromatic N) is 2. The molecule has 0 saturated heterocycles. The zero-order chi connectivity index (χ0) is 27.5. The van der Waals surface area contributed by atoms with Crippen molar-refractivity contribution in [2.24, 2.45) is 0 Å². The van der Waals surface area contributed by atoms with E-state index in [0.717, 1.165) is 10.0 Å². The van der Waals surface area contributed by atoms with Crippen LogP contribution in [0.1, 0.15) is 38.3 Å². The fourth-order valence-corrected chi connectivity index (χ4v) is 4.26. The molecular formula is C28H21BrF6N2O. The summed E-state index contributed by atoms with van der Waals surface area (Å²) in [6.07, 6.45) is -8.31. The minimum Gasteiger partial charge on any atom is -0.345 e.